The van der Waals surface area contributed by atoms with Gasteiger partial charge in [0.25, 0.3) is 0 Å². The van der Waals surface area contributed by atoms with Gasteiger partial charge in [-0.15, -0.1) is 0 Å². The second-order valence-corrected chi connectivity index (χ2v) is 7.43. The van der Waals surface area contributed by atoms with Gasteiger partial charge in [-0.3, -0.25) is 14.7 Å². The fourth-order valence-corrected chi connectivity index (χ4v) is 3.76. The maximum atomic E-state index is 13.0. The topological polar surface area (TPSA) is 74.0 Å². The third kappa shape index (κ3) is 5.01. The zero-order chi connectivity index (χ0) is 19.9. The summed E-state index contributed by atoms with van der Waals surface area (Å²) in [5.41, 5.74) is 6.93. The lowest BCUT2D eigenvalue weighted by atomic mass is 10.0. The number of carbonyl (C=O) groups is 1. The summed E-state index contributed by atoms with van der Waals surface area (Å²) in [4.78, 5) is 21.0. The van der Waals surface area contributed by atoms with Crippen LogP contribution in [0.25, 0.3) is 10.8 Å². The van der Waals surface area contributed by atoms with Gasteiger partial charge < -0.3 is 16.0 Å². The molecule has 1 heterocycles. The van der Waals surface area contributed by atoms with E-state index in [1.165, 1.54) is 16.3 Å². The van der Waals surface area contributed by atoms with Gasteiger partial charge in [0.15, 0.2) is 5.96 Å². The van der Waals surface area contributed by atoms with E-state index in [4.69, 9.17) is 5.73 Å². The molecule has 150 valence electrons. The van der Waals surface area contributed by atoms with E-state index in [1.807, 2.05) is 11.9 Å². The Kier molecular flexibility index (Phi) is 6.87. The first-order chi connectivity index (χ1) is 13.6. The van der Waals surface area contributed by atoms with Crippen molar-refractivity contribution in [2.75, 3.05) is 40.3 Å². The van der Waals surface area contributed by atoms with Crippen LogP contribution in [0, 0.1) is 0 Å². The smallest absolute Gasteiger partial charge is 0.239 e. The number of rotatable bonds is 7. The van der Waals surface area contributed by atoms with Crippen LogP contribution in [0.15, 0.2) is 47.5 Å². The predicted molar refractivity (Wildman–Crippen MR) is 115 cm³/mol. The highest BCUT2D eigenvalue weighted by molar-refractivity contribution is 5.84. The molecule has 0 bridgehead atoms. The molecule has 0 radical (unpaired) electrons. The minimum atomic E-state index is -0.0491. The number of guanidine groups is 1. The highest BCUT2D eigenvalue weighted by Gasteiger charge is 2.31. The standard InChI is InChI=1S/C22H31N5O/c1-24-22(23)25-12-5-8-20-21(28)27(15-14-26(20)2)13-11-17-9-10-18-6-3-4-7-19(18)16-17/h3-4,6-7,9-10,16,20H,5,8,11-15H2,1-2H3,(H3,23,24,25)/t20-/m0/s1. The van der Waals surface area contributed by atoms with Crippen LogP contribution in [-0.2, 0) is 11.2 Å². The van der Waals surface area contributed by atoms with Gasteiger partial charge in [-0.1, -0.05) is 42.5 Å². The monoisotopic (exact) mass is 381 g/mol. The Balaban J connectivity index is 1.53. The fraction of sp³-hybridized carbons (Fsp3) is 0.455. The van der Waals surface area contributed by atoms with E-state index in [-0.39, 0.29) is 11.9 Å². The molecule has 1 saturated heterocycles. The Morgan fingerprint density at radius 1 is 1.21 bits per heavy atom. The Morgan fingerprint density at radius 3 is 2.79 bits per heavy atom. The molecule has 6 heteroatoms. The van der Waals surface area contributed by atoms with Gasteiger partial charge in [-0.05, 0) is 42.6 Å². The molecule has 2 aromatic carbocycles. The molecule has 1 amide bonds. The molecule has 1 aliphatic heterocycles. The van der Waals surface area contributed by atoms with E-state index in [9.17, 15) is 4.79 Å². The van der Waals surface area contributed by atoms with E-state index in [2.05, 4.69) is 57.7 Å². The van der Waals surface area contributed by atoms with Crippen molar-refractivity contribution in [2.45, 2.75) is 25.3 Å². The largest absolute Gasteiger partial charge is 0.370 e. The normalized spacial score (nSPS) is 18.6. The Morgan fingerprint density at radius 2 is 2.00 bits per heavy atom. The van der Waals surface area contributed by atoms with Crippen molar-refractivity contribution < 1.29 is 4.79 Å². The van der Waals surface area contributed by atoms with Crippen LogP contribution < -0.4 is 11.1 Å². The zero-order valence-corrected chi connectivity index (χ0v) is 16.9. The molecule has 0 spiro atoms. The molecule has 1 aliphatic rings. The minimum Gasteiger partial charge on any atom is -0.370 e. The summed E-state index contributed by atoms with van der Waals surface area (Å²) < 4.78 is 0. The minimum absolute atomic E-state index is 0.0491. The Bertz CT molecular complexity index is 835. The number of aliphatic imine (C=N–C) groups is 1. The van der Waals surface area contributed by atoms with Gasteiger partial charge in [0.2, 0.25) is 5.91 Å². The average molecular weight is 382 g/mol. The molecule has 3 N–H and O–H groups in total. The predicted octanol–water partition coefficient (Wildman–Crippen LogP) is 1.84. The van der Waals surface area contributed by atoms with Crippen LogP contribution in [0.4, 0.5) is 0 Å². The number of amides is 1. The number of fused-ring (bicyclic) bond motifs is 1. The summed E-state index contributed by atoms with van der Waals surface area (Å²) in [5, 5.41) is 5.57. The lowest BCUT2D eigenvalue weighted by molar-refractivity contribution is -0.141. The van der Waals surface area contributed by atoms with E-state index in [0.29, 0.717) is 5.96 Å². The van der Waals surface area contributed by atoms with Gasteiger partial charge in [0.05, 0.1) is 6.04 Å². The van der Waals surface area contributed by atoms with Crippen molar-refractivity contribution in [1.82, 2.24) is 15.1 Å². The number of benzene rings is 2. The first-order valence-corrected chi connectivity index (χ1v) is 10.0. The van der Waals surface area contributed by atoms with Crippen LogP contribution in [0.5, 0.6) is 0 Å². The SMILES string of the molecule is CN=C(N)NCCC[C@H]1C(=O)N(CCc2ccc3ccccc3c2)CCN1C. The van der Waals surface area contributed by atoms with Crippen molar-refractivity contribution >= 4 is 22.6 Å². The van der Waals surface area contributed by atoms with Crippen molar-refractivity contribution in [3.8, 4) is 0 Å². The van der Waals surface area contributed by atoms with E-state index in [0.717, 1.165) is 45.4 Å². The highest BCUT2D eigenvalue weighted by Crippen LogP contribution is 2.18. The molecular weight excluding hydrogens is 350 g/mol. The number of nitrogens with zero attached hydrogens (tertiary/aromatic N) is 3. The van der Waals surface area contributed by atoms with E-state index in [1.54, 1.807) is 7.05 Å². The number of piperazine rings is 1. The van der Waals surface area contributed by atoms with Gasteiger partial charge in [-0.25, -0.2) is 0 Å². The third-order valence-electron chi connectivity index (χ3n) is 5.54. The second-order valence-electron chi connectivity index (χ2n) is 7.43. The van der Waals surface area contributed by atoms with Crippen molar-refractivity contribution in [1.29, 1.82) is 0 Å². The first kappa shape index (κ1) is 20.1. The summed E-state index contributed by atoms with van der Waals surface area (Å²) in [6.07, 6.45) is 2.60. The summed E-state index contributed by atoms with van der Waals surface area (Å²) in [6.45, 7) is 3.22. The lowest BCUT2D eigenvalue weighted by Crippen LogP contribution is -2.56. The highest BCUT2D eigenvalue weighted by atomic mass is 16.2. The fourth-order valence-electron chi connectivity index (χ4n) is 3.76. The van der Waals surface area contributed by atoms with Crippen LogP contribution >= 0.6 is 0 Å². The number of nitrogens with two attached hydrogens (primary N) is 1. The Labute approximate surface area is 167 Å². The van der Waals surface area contributed by atoms with Crippen molar-refractivity contribution in [3.63, 3.8) is 0 Å². The molecule has 28 heavy (non-hydrogen) atoms. The number of hydrogen-bond acceptors (Lipinski definition) is 3. The first-order valence-electron chi connectivity index (χ1n) is 10.0. The quantitative estimate of drug-likeness (QED) is 0.436. The van der Waals surface area contributed by atoms with E-state index < -0.39 is 0 Å². The molecular formula is C22H31N5O. The maximum Gasteiger partial charge on any atom is 0.239 e. The molecule has 0 saturated carbocycles. The molecule has 1 atom stereocenters. The van der Waals surface area contributed by atoms with Gasteiger partial charge in [-0.2, -0.15) is 0 Å². The molecule has 0 unspecified atom stereocenters. The van der Waals surface area contributed by atoms with Crippen LogP contribution in [0.1, 0.15) is 18.4 Å². The zero-order valence-electron chi connectivity index (χ0n) is 16.9. The van der Waals surface area contributed by atoms with Crippen LogP contribution in [-0.4, -0.2) is 68.0 Å². The molecule has 2 aromatic rings. The van der Waals surface area contributed by atoms with E-state index >= 15 is 0 Å². The van der Waals surface area contributed by atoms with Gasteiger partial charge >= 0.3 is 0 Å². The van der Waals surface area contributed by atoms with Gasteiger partial charge in [0, 0.05) is 33.2 Å². The molecule has 3 rings (SSSR count). The van der Waals surface area contributed by atoms with Crippen LogP contribution in [0.2, 0.25) is 0 Å². The maximum absolute atomic E-state index is 13.0. The average Bonchev–Trinajstić information content (AvgIpc) is 2.72. The molecule has 1 fully saturated rings. The third-order valence-corrected chi connectivity index (χ3v) is 5.54. The molecule has 0 aliphatic carbocycles. The molecule has 0 aromatic heterocycles. The van der Waals surface area contributed by atoms with Gasteiger partial charge in [0.1, 0.15) is 0 Å². The number of hydrogen-bond donors (Lipinski definition) is 2. The number of carbonyl (C=O) groups excluding carboxylic acids is 1. The van der Waals surface area contributed by atoms with Crippen molar-refractivity contribution in [3.05, 3.63) is 48.0 Å². The summed E-state index contributed by atoms with van der Waals surface area (Å²) >= 11 is 0. The summed E-state index contributed by atoms with van der Waals surface area (Å²) in [6, 6.07) is 14.9. The Hall–Kier alpha value is -2.60. The summed E-state index contributed by atoms with van der Waals surface area (Å²) in [5.74, 6) is 0.687. The number of likely N-dealkylation sites (N-methyl/N-ethyl adjacent to an activating group) is 1. The second kappa shape index (κ2) is 9.55. The molecule has 6 nitrogen and oxygen atoms in total. The van der Waals surface area contributed by atoms with Crippen molar-refractivity contribution in [2.24, 2.45) is 10.7 Å². The number of nitrogens with one attached hydrogen (secondary N) is 1. The van der Waals surface area contributed by atoms with Crippen LogP contribution in [0.3, 0.4) is 0 Å². The summed E-state index contributed by atoms with van der Waals surface area (Å²) in [7, 11) is 3.70. The lowest BCUT2D eigenvalue weighted by Gasteiger charge is -2.39.